The Morgan fingerprint density at radius 1 is 1.39 bits per heavy atom. The number of hydrogen-bond acceptors (Lipinski definition) is 5. The van der Waals surface area contributed by atoms with Crippen LogP contribution in [0.3, 0.4) is 0 Å². The average Bonchev–Trinajstić information content (AvgIpc) is 2.38. The Labute approximate surface area is 108 Å². The van der Waals surface area contributed by atoms with Crippen LogP contribution in [-0.4, -0.2) is 48.5 Å². The minimum absolute atomic E-state index is 0.255. The summed E-state index contributed by atoms with van der Waals surface area (Å²) in [6.45, 7) is 3.78. The lowest BCUT2D eigenvalue weighted by atomic mass is 10.0. The summed E-state index contributed by atoms with van der Waals surface area (Å²) in [7, 11) is 3.37. The van der Waals surface area contributed by atoms with Gasteiger partial charge in [-0.25, -0.2) is 4.98 Å². The monoisotopic (exact) mass is 251 g/mol. The third-order valence-corrected chi connectivity index (χ3v) is 3.51. The fourth-order valence-corrected chi connectivity index (χ4v) is 2.40. The number of methoxy groups -OCH3 is 1. The zero-order chi connectivity index (χ0) is 13.1. The molecule has 0 aliphatic carbocycles. The van der Waals surface area contributed by atoms with Gasteiger partial charge in [-0.15, -0.1) is 0 Å². The van der Waals surface area contributed by atoms with Crippen LogP contribution in [0.15, 0.2) is 12.1 Å². The molecule has 2 heterocycles. The van der Waals surface area contributed by atoms with Crippen molar-refractivity contribution in [3.63, 3.8) is 0 Å². The topological polar surface area (TPSA) is 48.8 Å². The van der Waals surface area contributed by atoms with Gasteiger partial charge >= 0.3 is 0 Å². The molecule has 0 unspecified atom stereocenters. The lowest BCUT2D eigenvalue weighted by Crippen LogP contribution is -2.42. The molecule has 0 saturated carbocycles. The number of pyridine rings is 1. The van der Waals surface area contributed by atoms with Crippen molar-refractivity contribution in [2.75, 3.05) is 32.1 Å². The summed E-state index contributed by atoms with van der Waals surface area (Å²) < 4.78 is 5.34. The summed E-state index contributed by atoms with van der Waals surface area (Å²) in [5.74, 6) is 0.686. The van der Waals surface area contributed by atoms with Crippen LogP contribution >= 0.6 is 0 Å². The largest absolute Gasteiger partial charge is 0.480 e. The molecule has 100 valence electrons. The number of anilines is 1. The predicted molar refractivity (Wildman–Crippen MR) is 70.3 cm³/mol. The van der Waals surface area contributed by atoms with E-state index in [0.29, 0.717) is 5.88 Å². The van der Waals surface area contributed by atoms with Gasteiger partial charge < -0.3 is 14.8 Å². The predicted octanol–water partition coefficient (Wildman–Crippen LogP) is 1.69. The molecule has 5 heteroatoms. The van der Waals surface area contributed by atoms with E-state index in [1.165, 1.54) is 5.06 Å². The SMILES string of the molecule is COc1nc(C)ccc1N1CCC(N(C)O)CC1. The van der Waals surface area contributed by atoms with E-state index in [9.17, 15) is 5.21 Å². The molecule has 18 heavy (non-hydrogen) atoms. The Hall–Kier alpha value is -1.33. The minimum atomic E-state index is 0.255. The van der Waals surface area contributed by atoms with Crippen molar-refractivity contribution in [2.24, 2.45) is 0 Å². The fourth-order valence-electron chi connectivity index (χ4n) is 2.40. The zero-order valence-corrected chi connectivity index (χ0v) is 11.3. The van der Waals surface area contributed by atoms with E-state index in [-0.39, 0.29) is 6.04 Å². The first-order valence-corrected chi connectivity index (χ1v) is 6.30. The Kier molecular flexibility index (Phi) is 4.04. The lowest BCUT2D eigenvalue weighted by Gasteiger charge is -2.35. The number of hydrogen-bond donors (Lipinski definition) is 1. The molecular formula is C13H21N3O2. The van der Waals surface area contributed by atoms with Gasteiger partial charge in [0.05, 0.1) is 12.8 Å². The van der Waals surface area contributed by atoms with Gasteiger partial charge in [0.15, 0.2) is 0 Å². The molecule has 1 aromatic rings. The van der Waals surface area contributed by atoms with Gasteiger partial charge in [0.2, 0.25) is 5.88 Å². The van der Waals surface area contributed by atoms with Crippen molar-refractivity contribution in [3.8, 4) is 5.88 Å². The van der Waals surface area contributed by atoms with Gasteiger partial charge in [-0.05, 0) is 31.9 Å². The van der Waals surface area contributed by atoms with E-state index in [4.69, 9.17) is 4.74 Å². The Morgan fingerprint density at radius 3 is 2.61 bits per heavy atom. The summed E-state index contributed by atoms with van der Waals surface area (Å²) >= 11 is 0. The molecule has 0 bridgehead atoms. The smallest absolute Gasteiger partial charge is 0.237 e. The molecule has 0 spiro atoms. The summed E-state index contributed by atoms with van der Waals surface area (Å²) in [5.41, 5.74) is 2.00. The molecule has 5 nitrogen and oxygen atoms in total. The highest BCUT2D eigenvalue weighted by atomic mass is 16.5. The molecule has 0 radical (unpaired) electrons. The number of aromatic nitrogens is 1. The van der Waals surface area contributed by atoms with Crippen molar-refractivity contribution in [3.05, 3.63) is 17.8 Å². The maximum absolute atomic E-state index is 9.45. The Bertz CT molecular complexity index is 401. The molecule has 1 aromatic heterocycles. The third-order valence-electron chi connectivity index (χ3n) is 3.51. The van der Waals surface area contributed by atoms with E-state index in [0.717, 1.165) is 37.3 Å². The third kappa shape index (κ3) is 2.73. The maximum atomic E-state index is 9.45. The first-order valence-electron chi connectivity index (χ1n) is 6.30. The van der Waals surface area contributed by atoms with E-state index in [2.05, 4.69) is 16.0 Å². The molecule has 1 N–H and O–H groups in total. The van der Waals surface area contributed by atoms with Crippen LogP contribution in [0.25, 0.3) is 0 Å². The second kappa shape index (κ2) is 5.54. The van der Waals surface area contributed by atoms with Crippen LogP contribution in [0.5, 0.6) is 5.88 Å². The molecule has 0 atom stereocenters. The second-order valence-electron chi connectivity index (χ2n) is 4.77. The van der Waals surface area contributed by atoms with Gasteiger partial charge in [-0.3, -0.25) is 0 Å². The summed E-state index contributed by atoms with van der Waals surface area (Å²) in [6.07, 6.45) is 1.90. The fraction of sp³-hybridized carbons (Fsp3) is 0.615. The summed E-state index contributed by atoms with van der Waals surface area (Å²) in [6, 6.07) is 4.32. The molecule has 1 aliphatic heterocycles. The first-order chi connectivity index (χ1) is 8.61. The number of rotatable bonds is 3. The molecule has 1 aliphatic rings. The van der Waals surface area contributed by atoms with Crippen molar-refractivity contribution in [2.45, 2.75) is 25.8 Å². The van der Waals surface area contributed by atoms with E-state index < -0.39 is 0 Å². The normalized spacial score (nSPS) is 17.3. The number of piperidine rings is 1. The van der Waals surface area contributed by atoms with E-state index in [1.807, 2.05) is 13.0 Å². The van der Waals surface area contributed by atoms with Gasteiger partial charge in [0, 0.05) is 31.9 Å². The highest BCUT2D eigenvalue weighted by molar-refractivity contribution is 5.55. The van der Waals surface area contributed by atoms with Gasteiger partial charge in [0.25, 0.3) is 0 Å². The number of hydroxylamine groups is 2. The Balaban J connectivity index is 2.09. The molecule has 1 saturated heterocycles. The molecule has 0 aromatic carbocycles. The number of aryl methyl sites for hydroxylation is 1. The molecule has 1 fully saturated rings. The van der Waals surface area contributed by atoms with E-state index in [1.54, 1.807) is 14.2 Å². The zero-order valence-electron chi connectivity index (χ0n) is 11.3. The average molecular weight is 251 g/mol. The molecule has 0 amide bonds. The first kappa shape index (κ1) is 13.1. The summed E-state index contributed by atoms with van der Waals surface area (Å²) in [4.78, 5) is 6.67. The van der Waals surface area contributed by atoms with Crippen molar-refractivity contribution >= 4 is 5.69 Å². The lowest BCUT2D eigenvalue weighted by molar-refractivity contribution is -0.108. The number of nitrogens with zero attached hydrogens (tertiary/aromatic N) is 3. The maximum Gasteiger partial charge on any atom is 0.237 e. The Morgan fingerprint density at radius 2 is 2.06 bits per heavy atom. The van der Waals surface area contributed by atoms with Crippen LogP contribution in [0.4, 0.5) is 5.69 Å². The highest BCUT2D eigenvalue weighted by Crippen LogP contribution is 2.29. The van der Waals surface area contributed by atoms with Gasteiger partial charge in [-0.1, -0.05) is 0 Å². The summed E-state index contributed by atoms with van der Waals surface area (Å²) in [5, 5.41) is 10.8. The van der Waals surface area contributed by atoms with Crippen LogP contribution in [0.1, 0.15) is 18.5 Å². The quantitative estimate of drug-likeness (QED) is 0.828. The van der Waals surface area contributed by atoms with E-state index >= 15 is 0 Å². The van der Waals surface area contributed by atoms with Crippen molar-refractivity contribution < 1.29 is 9.94 Å². The minimum Gasteiger partial charge on any atom is -0.480 e. The second-order valence-corrected chi connectivity index (χ2v) is 4.77. The van der Waals surface area contributed by atoms with Gasteiger partial charge in [0.1, 0.15) is 0 Å². The van der Waals surface area contributed by atoms with Crippen molar-refractivity contribution in [1.82, 2.24) is 10.0 Å². The molecule has 2 rings (SSSR count). The van der Waals surface area contributed by atoms with Crippen LogP contribution in [-0.2, 0) is 0 Å². The highest BCUT2D eigenvalue weighted by Gasteiger charge is 2.23. The number of ether oxygens (including phenoxy) is 1. The van der Waals surface area contributed by atoms with Crippen LogP contribution in [0, 0.1) is 6.92 Å². The molecular weight excluding hydrogens is 230 g/mol. The van der Waals surface area contributed by atoms with Crippen LogP contribution in [0.2, 0.25) is 0 Å². The standard InChI is InChI=1S/C13H21N3O2/c1-10-4-5-12(13(14-10)18-3)16-8-6-11(7-9-16)15(2)17/h4-5,11,17H,6-9H2,1-3H3. The van der Waals surface area contributed by atoms with Gasteiger partial charge in [-0.2, -0.15) is 5.06 Å². The van der Waals surface area contributed by atoms with Crippen LogP contribution < -0.4 is 9.64 Å². The van der Waals surface area contributed by atoms with Crippen molar-refractivity contribution in [1.29, 1.82) is 0 Å².